The van der Waals surface area contributed by atoms with Gasteiger partial charge in [0.15, 0.2) is 0 Å². The number of hydrogen-bond acceptors (Lipinski definition) is 5. The predicted octanol–water partition coefficient (Wildman–Crippen LogP) is 5.48. The lowest BCUT2D eigenvalue weighted by molar-refractivity contribution is -0.138. The number of imidazole rings is 1. The summed E-state index contributed by atoms with van der Waals surface area (Å²) in [5.74, 6) is 1.66. The van der Waals surface area contributed by atoms with E-state index in [4.69, 9.17) is 14.5 Å². The van der Waals surface area contributed by atoms with Gasteiger partial charge in [-0.1, -0.05) is 50.8 Å². The van der Waals surface area contributed by atoms with Gasteiger partial charge in [-0.3, -0.25) is 4.57 Å². The average Bonchev–Trinajstić information content (AvgIpc) is 3.14. The second kappa shape index (κ2) is 9.30. The van der Waals surface area contributed by atoms with Crippen LogP contribution in [0, 0.1) is 5.92 Å². The summed E-state index contributed by atoms with van der Waals surface area (Å²) in [4.78, 5) is 17.9. The molecule has 0 radical (unpaired) electrons. The molecule has 2 aromatic carbocycles. The van der Waals surface area contributed by atoms with E-state index in [-0.39, 0.29) is 12.6 Å². The number of carbonyl (C=O) groups is 1. The molecule has 0 unspecified atom stereocenters. The highest BCUT2D eigenvalue weighted by molar-refractivity contribution is 5.94. The minimum absolute atomic E-state index is 0.151. The average molecular weight is 432 g/mol. The van der Waals surface area contributed by atoms with Gasteiger partial charge in [-0.05, 0) is 49.1 Å². The summed E-state index contributed by atoms with van der Waals surface area (Å²) >= 11 is 0. The van der Waals surface area contributed by atoms with E-state index in [1.165, 1.54) is 0 Å². The van der Waals surface area contributed by atoms with Gasteiger partial charge in [0.05, 0.1) is 29.3 Å². The van der Waals surface area contributed by atoms with Crippen molar-refractivity contribution in [2.24, 2.45) is 5.92 Å². The molecule has 6 heteroatoms. The fourth-order valence-corrected chi connectivity index (χ4v) is 3.94. The number of ether oxygens (including phenoxy) is 2. The lowest BCUT2D eigenvalue weighted by Gasteiger charge is -2.30. The fourth-order valence-electron chi connectivity index (χ4n) is 3.94. The Labute approximate surface area is 188 Å². The maximum Gasteiger partial charge on any atom is 0.338 e. The number of rotatable bonds is 8. The zero-order valence-electron chi connectivity index (χ0n) is 18.8. The Morgan fingerprint density at radius 2 is 2.06 bits per heavy atom. The van der Waals surface area contributed by atoms with Crippen LogP contribution in [-0.2, 0) is 9.53 Å². The van der Waals surface area contributed by atoms with Gasteiger partial charge < -0.3 is 14.8 Å². The Bertz CT molecular complexity index is 1180. The molecule has 1 aromatic heterocycles. The number of carbonyl (C=O) groups excluding carboxylic acids is 1. The van der Waals surface area contributed by atoms with Crippen molar-refractivity contribution in [3.63, 3.8) is 0 Å². The SMILES string of the molecule is C=CCOC(=O)C1=C(C)Nc2nc3ccccc3n2[C@H]1c1cccc(OCCC(C)C)c1. The molecule has 166 valence electrons. The monoisotopic (exact) mass is 431 g/mol. The molecular formula is C26H29N3O3. The minimum Gasteiger partial charge on any atom is -0.494 e. The summed E-state index contributed by atoms with van der Waals surface area (Å²) < 4.78 is 13.5. The van der Waals surface area contributed by atoms with Gasteiger partial charge >= 0.3 is 5.97 Å². The molecule has 4 rings (SSSR count). The third-order valence-corrected chi connectivity index (χ3v) is 5.52. The zero-order chi connectivity index (χ0) is 22.7. The van der Waals surface area contributed by atoms with Crippen LogP contribution in [0.5, 0.6) is 5.75 Å². The third kappa shape index (κ3) is 4.26. The molecule has 0 saturated carbocycles. The van der Waals surface area contributed by atoms with E-state index in [9.17, 15) is 4.79 Å². The maximum absolute atomic E-state index is 13.1. The van der Waals surface area contributed by atoms with Gasteiger partial charge in [-0.15, -0.1) is 0 Å². The van der Waals surface area contributed by atoms with Crippen LogP contribution in [0.15, 0.2) is 72.5 Å². The van der Waals surface area contributed by atoms with Gasteiger partial charge in [0.25, 0.3) is 0 Å². The fraction of sp³-hybridized carbons (Fsp3) is 0.308. The highest BCUT2D eigenvalue weighted by atomic mass is 16.5. The van der Waals surface area contributed by atoms with Gasteiger partial charge in [0.1, 0.15) is 12.4 Å². The Morgan fingerprint density at radius 1 is 1.25 bits per heavy atom. The first-order valence-electron chi connectivity index (χ1n) is 10.9. The third-order valence-electron chi connectivity index (χ3n) is 5.52. The van der Waals surface area contributed by atoms with E-state index >= 15 is 0 Å². The number of allylic oxidation sites excluding steroid dienone is 1. The molecule has 3 aromatic rings. The largest absolute Gasteiger partial charge is 0.494 e. The van der Waals surface area contributed by atoms with Crippen LogP contribution in [0.1, 0.15) is 38.8 Å². The van der Waals surface area contributed by atoms with E-state index < -0.39 is 6.04 Å². The Morgan fingerprint density at radius 3 is 2.84 bits per heavy atom. The predicted molar refractivity (Wildman–Crippen MR) is 127 cm³/mol. The molecule has 1 atom stereocenters. The first-order valence-corrected chi connectivity index (χ1v) is 10.9. The topological polar surface area (TPSA) is 65.4 Å². The second-order valence-electron chi connectivity index (χ2n) is 8.35. The minimum atomic E-state index is -0.399. The molecule has 0 bridgehead atoms. The molecule has 32 heavy (non-hydrogen) atoms. The van der Waals surface area contributed by atoms with Crippen molar-refractivity contribution < 1.29 is 14.3 Å². The van der Waals surface area contributed by atoms with Gasteiger partial charge in [-0.25, -0.2) is 9.78 Å². The van der Waals surface area contributed by atoms with E-state index in [0.717, 1.165) is 34.5 Å². The first kappa shape index (κ1) is 21.7. The van der Waals surface area contributed by atoms with Crippen molar-refractivity contribution in [1.82, 2.24) is 9.55 Å². The summed E-state index contributed by atoms with van der Waals surface area (Å²) in [6.45, 7) is 10.7. The summed E-state index contributed by atoms with van der Waals surface area (Å²) in [7, 11) is 0. The van der Waals surface area contributed by atoms with E-state index in [1.54, 1.807) is 6.08 Å². The summed E-state index contributed by atoms with van der Waals surface area (Å²) in [6, 6.07) is 15.4. The molecule has 0 aliphatic carbocycles. The van der Waals surface area contributed by atoms with Gasteiger partial charge in [0, 0.05) is 5.70 Å². The standard InChI is InChI=1S/C26H29N3O3/c1-5-14-32-25(30)23-18(4)27-26-28-21-11-6-7-12-22(21)29(26)24(23)19-9-8-10-20(16-19)31-15-13-17(2)3/h5-12,16-17,24H,1,13-15H2,2-4H3,(H,27,28)/t24-/m0/s1. The first-order chi connectivity index (χ1) is 15.5. The number of hydrogen-bond donors (Lipinski definition) is 1. The molecule has 1 aliphatic heterocycles. The molecular weight excluding hydrogens is 402 g/mol. The molecule has 1 N–H and O–H groups in total. The molecule has 0 saturated heterocycles. The van der Waals surface area contributed by atoms with Crippen LogP contribution < -0.4 is 10.1 Å². The van der Waals surface area contributed by atoms with Crippen molar-refractivity contribution in [1.29, 1.82) is 0 Å². The van der Waals surface area contributed by atoms with E-state index in [0.29, 0.717) is 24.0 Å². The van der Waals surface area contributed by atoms with Crippen molar-refractivity contribution in [2.75, 3.05) is 18.5 Å². The summed E-state index contributed by atoms with van der Waals surface area (Å²) in [5, 5.41) is 3.29. The number of aromatic nitrogens is 2. The van der Waals surface area contributed by atoms with Crippen molar-refractivity contribution in [2.45, 2.75) is 33.2 Å². The summed E-state index contributed by atoms with van der Waals surface area (Å²) in [6.07, 6.45) is 2.55. The molecule has 1 aliphatic rings. The number of anilines is 1. The Balaban J connectivity index is 1.81. The molecule has 2 heterocycles. The van der Waals surface area contributed by atoms with Crippen LogP contribution in [-0.4, -0.2) is 28.7 Å². The highest BCUT2D eigenvalue weighted by Gasteiger charge is 2.35. The number of benzene rings is 2. The number of para-hydroxylation sites is 2. The lowest BCUT2D eigenvalue weighted by Crippen LogP contribution is -2.29. The zero-order valence-corrected chi connectivity index (χ0v) is 18.8. The molecule has 0 spiro atoms. The smallest absolute Gasteiger partial charge is 0.338 e. The molecule has 0 amide bonds. The van der Waals surface area contributed by atoms with Crippen molar-refractivity contribution in [3.05, 3.63) is 78.0 Å². The number of nitrogens with zero attached hydrogens (tertiary/aromatic N) is 2. The van der Waals surface area contributed by atoms with Crippen molar-refractivity contribution in [3.8, 4) is 5.75 Å². The van der Waals surface area contributed by atoms with Crippen molar-refractivity contribution >= 4 is 23.0 Å². The number of nitrogens with one attached hydrogen (secondary N) is 1. The van der Waals surface area contributed by atoms with Crippen LogP contribution in [0.3, 0.4) is 0 Å². The van der Waals surface area contributed by atoms with Crippen LogP contribution in [0.2, 0.25) is 0 Å². The normalized spacial score (nSPS) is 15.4. The molecule has 0 fully saturated rings. The quantitative estimate of drug-likeness (QED) is 0.378. The van der Waals surface area contributed by atoms with Crippen LogP contribution in [0.25, 0.3) is 11.0 Å². The lowest BCUT2D eigenvalue weighted by atomic mass is 9.95. The summed E-state index contributed by atoms with van der Waals surface area (Å²) in [5.41, 5.74) is 3.99. The number of esters is 1. The Hall–Kier alpha value is -3.54. The maximum atomic E-state index is 13.1. The van der Waals surface area contributed by atoms with Gasteiger partial charge in [-0.2, -0.15) is 0 Å². The Kier molecular flexibility index (Phi) is 6.30. The van der Waals surface area contributed by atoms with Crippen LogP contribution in [0.4, 0.5) is 5.95 Å². The highest BCUT2D eigenvalue weighted by Crippen LogP contribution is 2.40. The van der Waals surface area contributed by atoms with Gasteiger partial charge in [0.2, 0.25) is 5.95 Å². The van der Waals surface area contributed by atoms with Crippen LogP contribution >= 0.6 is 0 Å². The van der Waals surface area contributed by atoms with E-state index in [2.05, 4.69) is 30.3 Å². The number of fused-ring (bicyclic) bond motifs is 3. The van der Waals surface area contributed by atoms with E-state index in [1.807, 2.05) is 55.5 Å². The second-order valence-corrected chi connectivity index (χ2v) is 8.35. The molecule has 6 nitrogen and oxygen atoms in total.